The fraction of sp³-hybridized carbons (Fsp3) is 0.231. The number of nitrogens with zero attached hydrogens (tertiary/aromatic N) is 1. The number of aryl methyl sites for hydroxylation is 1. The van der Waals surface area contributed by atoms with Crippen molar-refractivity contribution in [2.45, 2.75) is 13.8 Å². The highest BCUT2D eigenvalue weighted by molar-refractivity contribution is 9.10. The summed E-state index contributed by atoms with van der Waals surface area (Å²) in [5, 5.41) is 4.36. The number of esters is 1. The molecule has 0 fully saturated rings. The minimum atomic E-state index is -0.400. The predicted octanol–water partition coefficient (Wildman–Crippen LogP) is 4.79. The van der Waals surface area contributed by atoms with Gasteiger partial charge in [0.05, 0.1) is 11.6 Å². The Bertz CT molecular complexity index is 645. The Balaban J connectivity index is 2.20. The molecular weight excluding hydrogens is 364 g/mol. The van der Waals surface area contributed by atoms with Crippen LogP contribution in [0.1, 0.15) is 22.3 Å². The van der Waals surface area contributed by atoms with Crippen molar-refractivity contribution in [1.29, 1.82) is 0 Å². The van der Waals surface area contributed by atoms with E-state index in [0.29, 0.717) is 22.5 Å². The number of ether oxygens (including phenoxy) is 1. The molecule has 0 aliphatic heterocycles. The number of aromatic nitrogens is 1. The number of benzene rings is 1. The van der Waals surface area contributed by atoms with Crippen molar-refractivity contribution < 1.29 is 9.53 Å². The van der Waals surface area contributed by atoms with E-state index in [4.69, 9.17) is 16.3 Å². The van der Waals surface area contributed by atoms with Gasteiger partial charge in [0.2, 0.25) is 0 Å². The average Bonchev–Trinajstić information content (AvgIpc) is 2.75. The van der Waals surface area contributed by atoms with Gasteiger partial charge in [0.15, 0.2) is 10.8 Å². The van der Waals surface area contributed by atoms with Crippen LogP contribution >= 0.6 is 38.9 Å². The number of nitrogens with one attached hydrogen (secondary N) is 1. The largest absolute Gasteiger partial charge is 0.461 e. The number of hydrogen-bond donors (Lipinski definition) is 1. The second-order valence-corrected chi connectivity index (χ2v) is 6.36. The molecule has 0 aliphatic carbocycles. The summed E-state index contributed by atoms with van der Waals surface area (Å²) >= 11 is 10.8. The second-order valence-electron chi connectivity index (χ2n) is 3.90. The van der Waals surface area contributed by atoms with E-state index < -0.39 is 5.97 Å². The van der Waals surface area contributed by atoms with Crippen LogP contribution in [0, 0.1) is 6.92 Å². The summed E-state index contributed by atoms with van der Waals surface area (Å²) in [5.41, 5.74) is 1.16. The zero-order chi connectivity index (χ0) is 14.7. The van der Waals surface area contributed by atoms with Crippen molar-refractivity contribution in [1.82, 2.24) is 4.98 Å². The van der Waals surface area contributed by atoms with E-state index in [9.17, 15) is 4.79 Å². The molecule has 2 aromatic rings. The molecule has 20 heavy (non-hydrogen) atoms. The Morgan fingerprint density at radius 2 is 2.30 bits per heavy atom. The van der Waals surface area contributed by atoms with Crippen LogP contribution in [-0.2, 0) is 4.74 Å². The third kappa shape index (κ3) is 3.50. The highest BCUT2D eigenvalue weighted by Gasteiger charge is 2.16. The quantitative estimate of drug-likeness (QED) is 0.781. The van der Waals surface area contributed by atoms with Crippen LogP contribution in [0.5, 0.6) is 0 Å². The molecule has 0 spiro atoms. The summed E-state index contributed by atoms with van der Waals surface area (Å²) in [6, 6.07) is 5.50. The van der Waals surface area contributed by atoms with Gasteiger partial charge in [-0.1, -0.05) is 11.6 Å². The summed E-state index contributed by atoms with van der Waals surface area (Å²) in [7, 11) is 0. The average molecular weight is 376 g/mol. The smallest absolute Gasteiger partial charge is 0.358 e. The van der Waals surface area contributed by atoms with E-state index in [1.54, 1.807) is 13.0 Å². The molecule has 0 amide bonds. The van der Waals surface area contributed by atoms with Gasteiger partial charge >= 0.3 is 5.97 Å². The molecule has 0 atom stereocenters. The molecule has 0 unspecified atom stereocenters. The Morgan fingerprint density at radius 3 is 2.95 bits per heavy atom. The first kappa shape index (κ1) is 15.3. The third-order valence-electron chi connectivity index (χ3n) is 2.44. The normalized spacial score (nSPS) is 10.4. The molecule has 1 heterocycles. The van der Waals surface area contributed by atoms with Crippen molar-refractivity contribution in [3.8, 4) is 0 Å². The van der Waals surface area contributed by atoms with Crippen molar-refractivity contribution in [3.63, 3.8) is 0 Å². The molecule has 1 N–H and O–H groups in total. The highest BCUT2D eigenvalue weighted by Crippen LogP contribution is 2.30. The summed E-state index contributed by atoms with van der Waals surface area (Å²) in [5.74, 6) is -0.400. The standard InChI is InChI=1S/C13H12BrClN2O2S/c1-3-19-12(18)11-7(2)20-13(17-11)16-8-4-5-9(14)10(15)6-8/h4-6H,3H2,1-2H3,(H,16,17). The van der Waals surface area contributed by atoms with Crippen molar-refractivity contribution in [2.24, 2.45) is 0 Å². The van der Waals surface area contributed by atoms with Gasteiger partial charge in [-0.2, -0.15) is 0 Å². The van der Waals surface area contributed by atoms with E-state index in [1.807, 2.05) is 19.1 Å². The number of halogens is 2. The lowest BCUT2D eigenvalue weighted by Crippen LogP contribution is -2.06. The van der Waals surface area contributed by atoms with Gasteiger partial charge in [0, 0.05) is 15.0 Å². The molecular formula is C13H12BrClN2O2S. The zero-order valence-corrected chi connectivity index (χ0v) is 14.0. The van der Waals surface area contributed by atoms with Gasteiger partial charge in [-0.15, -0.1) is 11.3 Å². The summed E-state index contributed by atoms with van der Waals surface area (Å²) in [4.78, 5) is 16.8. The lowest BCUT2D eigenvalue weighted by molar-refractivity contribution is 0.0519. The molecule has 0 radical (unpaired) electrons. The van der Waals surface area contributed by atoms with E-state index >= 15 is 0 Å². The third-order valence-corrected chi connectivity index (χ3v) is 4.55. The lowest BCUT2D eigenvalue weighted by Gasteiger charge is -2.03. The fourth-order valence-corrected chi connectivity index (χ4v) is 2.78. The topological polar surface area (TPSA) is 51.2 Å². The maximum atomic E-state index is 11.7. The molecule has 0 bridgehead atoms. The first-order valence-electron chi connectivity index (χ1n) is 5.88. The first-order chi connectivity index (χ1) is 9.51. The monoisotopic (exact) mass is 374 g/mol. The Labute approximate surface area is 134 Å². The Hall–Kier alpha value is -1.11. The zero-order valence-electron chi connectivity index (χ0n) is 10.9. The molecule has 2 rings (SSSR count). The SMILES string of the molecule is CCOC(=O)c1nc(Nc2ccc(Br)c(Cl)c2)sc1C. The van der Waals surface area contributed by atoms with Gasteiger partial charge in [0.1, 0.15) is 0 Å². The maximum Gasteiger partial charge on any atom is 0.358 e. The van der Waals surface area contributed by atoms with E-state index in [1.165, 1.54) is 11.3 Å². The summed E-state index contributed by atoms with van der Waals surface area (Å²) < 4.78 is 5.78. The summed E-state index contributed by atoms with van der Waals surface area (Å²) in [6.07, 6.45) is 0. The number of carbonyl (C=O) groups excluding carboxylic acids is 1. The fourth-order valence-electron chi connectivity index (χ4n) is 1.54. The number of rotatable bonds is 4. The van der Waals surface area contributed by atoms with Crippen LogP contribution in [-0.4, -0.2) is 17.6 Å². The summed E-state index contributed by atoms with van der Waals surface area (Å²) in [6.45, 7) is 3.94. The van der Waals surface area contributed by atoms with Crippen molar-refractivity contribution in [2.75, 3.05) is 11.9 Å². The van der Waals surface area contributed by atoms with Crippen LogP contribution in [0.15, 0.2) is 22.7 Å². The number of thiazole rings is 1. The van der Waals surface area contributed by atoms with Crippen LogP contribution in [0.3, 0.4) is 0 Å². The first-order valence-corrected chi connectivity index (χ1v) is 7.86. The van der Waals surface area contributed by atoms with Gasteiger partial charge in [0.25, 0.3) is 0 Å². The predicted molar refractivity (Wildman–Crippen MR) is 85.2 cm³/mol. The molecule has 1 aromatic heterocycles. The Morgan fingerprint density at radius 1 is 1.55 bits per heavy atom. The molecule has 4 nitrogen and oxygen atoms in total. The van der Waals surface area contributed by atoms with Gasteiger partial charge < -0.3 is 10.1 Å². The minimum Gasteiger partial charge on any atom is -0.461 e. The van der Waals surface area contributed by atoms with E-state index in [-0.39, 0.29) is 0 Å². The second kappa shape index (κ2) is 6.56. The molecule has 7 heteroatoms. The van der Waals surface area contributed by atoms with Crippen molar-refractivity contribution >= 4 is 55.7 Å². The van der Waals surface area contributed by atoms with Crippen LogP contribution in [0.4, 0.5) is 10.8 Å². The molecule has 1 aromatic carbocycles. The molecule has 0 aliphatic rings. The van der Waals surface area contributed by atoms with Crippen LogP contribution in [0.2, 0.25) is 5.02 Å². The Kier molecular flexibility index (Phi) is 5.01. The molecule has 0 saturated carbocycles. The van der Waals surface area contributed by atoms with E-state index in [2.05, 4.69) is 26.2 Å². The van der Waals surface area contributed by atoms with Gasteiger partial charge in [-0.3, -0.25) is 0 Å². The highest BCUT2D eigenvalue weighted by atomic mass is 79.9. The number of hydrogen-bond acceptors (Lipinski definition) is 5. The minimum absolute atomic E-state index is 0.334. The van der Waals surface area contributed by atoms with Gasteiger partial charge in [-0.05, 0) is 48.0 Å². The number of carbonyl (C=O) groups is 1. The van der Waals surface area contributed by atoms with Crippen LogP contribution in [0.25, 0.3) is 0 Å². The van der Waals surface area contributed by atoms with E-state index in [0.717, 1.165) is 15.0 Å². The molecule has 0 saturated heterocycles. The lowest BCUT2D eigenvalue weighted by atomic mass is 10.3. The number of anilines is 2. The van der Waals surface area contributed by atoms with Crippen molar-refractivity contribution in [3.05, 3.63) is 38.3 Å². The molecule has 106 valence electrons. The van der Waals surface area contributed by atoms with Gasteiger partial charge in [-0.25, -0.2) is 9.78 Å². The van der Waals surface area contributed by atoms with Crippen LogP contribution < -0.4 is 5.32 Å². The maximum absolute atomic E-state index is 11.7.